The van der Waals surface area contributed by atoms with E-state index < -0.39 is 0 Å². The number of hydrogen-bond acceptors (Lipinski definition) is 4. The predicted molar refractivity (Wildman–Crippen MR) is 105 cm³/mol. The van der Waals surface area contributed by atoms with Crippen LogP contribution in [0.4, 0.5) is 0 Å². The number of carbonyl (C=O) groups excluding carboxylic acids is 1. The molecule has 0 unspecified atom stereocenters. The highest BCUT2D eigenvalue weighted by Gasteiger charge is 2.01. The Morgan fingerprint density at radius 1 is 0.760 bits per heavy atom. The van der Waals surface area contributed by atoms with E-state index in [1.54, 1.807) is 0 Å². The topological polar surface area (TPSA) is 59.4 Å². The van der Waals surface area contributed by atoms with Crippen molar-refractivity contribution in [2.45, 2.75) is 103 Å². The zero-order valence-corrected chi connectivity index (χ0v) is 16.5. The van der Waals surface area contributed by atoms with Gasteiger partial charge in [0.15, 0.2) is 0 Å². The quantitative estimate of drug-likeness (QED) is 0.164. The summed E-state index contributed by atoms with van der Waals surface area (Å²) in [6, 6.07) is 0. The van der Waals surface area contributed by atoms with E-state index in [4.69, 9.17) is 14.9 Å². The molecule has 0 aromatic rings. The fourth-order valence-electron chi connectivity index (χ4n) is 2.71. The zero-order chi connectivity index (χ0) is 18.4. The maximum atomic E-state index is 11.4. The fraction of sp³-hybridized carbons (Fsp3) is 0.905. The zero-order valence-electron chi connectivity index (χ0n) is 16.5. The van der Waals surface area contributed by atoms with Crippen molar-refractivity contribution in [1.29, 1.82) is 5.41 Å². The number of rotatable bonds is 20. The van der Waals surface area contributed by atoms with Crippen molar-refractivity contribution in [3.8, 4) is 0 Å². The molecule has 0 aromatic carbocycles. The molecule has 0 aromatic heterocycles. The standard InChI is InChI=1S/C21H41NO3/c1-2-3-4-5-6-8-13-18-24-19-14-9-7-10-15-20-25-21(23)16-11-12-17-22/h17,22H,2-16,18-20H2,1H3. The van der Waals surface area contributed by atoms with Crippen molar-refractivity contribution in [2.75, 3.05) is 19.8 Å². The van der Waals surface area contributed by atoms with E-state index in [-0.39, 0.29) is 5.97 Å². The molecule has 0 aliphatic rings. The van der Waals surface area contributed by atoms with Crippen molar-refractivity contribution in [1.82, 2.24) is 0 Å². The van der Waals surface area contributed by atoms with Gasteiger partial charge in [-0.05, 0) is 38.3 Å². The third kappa shape index (κ3) is 21.1. The minimum Gasteiger partial charge on any atom is -0.466 e. The number of hydrogen-bond donors (Lipinski definition) is 1. The first-order valence-corrected chi connectivity index (χ1v) is 10.5. The first-order chi connectivity index (χ1) is 12.3. The Kier molecular flexibility index (Phi) is 20.4. The van der Waals surface area contributed by atoms with Crippen molar-refractivity contribution < 1.29 is 14.3 Å². The van der Waals surface area contributed by atoms with Crippen molar-refractivity contribution in [3.05, 3.63) is 0 Å². The molecule has 0 fully saturated rings. The number of nitrogens with one attached hydrogen (secondary N) is 1. The molecule has 4 nitrogen and oxygen atoms in total. The highest BCUT2D eigenvalue weighted by Crippen LogP contribution is 2.08. The number of unbranched alkanes of at least 4 members (excludes halogenated alkanes) is 11. The monoisotopic (exact) mass is 355 g/mol. The van der Waals surface area contributed by atoms with E-state index in [1.807, 2.05) is 0 Å². The summed E-state index contributed by atoms with van der Waals surface area (Å²) in [6.45, 7) is 4.60. The summed E-state index contributed by atoms with van der Waals surface area (Å²) >= 11 is 0. The minimum atomic E-state index is -0.124. The molecule has 0 radical (unpaired) electrons. The lowest BCUT2D eigenvalue weighted by atomic mass is 10.1. The van der Waals surface area contributed by atoms with E-state index in [2.05, 4.69) is 6.92 Å². The maximum Gasteiger partial charge on any atom is 0.305 e. The highest BCUT2D eigenvalue weighted by atomic mass is 16.5. The molecule has 1 N–H and O–H groups in total. The molecule has 0 aliphatic carbocycles. The highest BCUT2D eigenvalue weighted by molar-refractivity contribution is 5.69. The minimum absolute atomic E-state index is 0.124. The summed E-state index contributed by atoms with van der Waals surface area (Å²) in [7, 11) is 0. The lowest BCUT2D eigenvalue weighted by Gasteiger charge is -2.06. The molecule has 0 saturated carbocycles. The summed E-state index contributed by atoms with van der Waals surface area (Å²) in [5.74, 6) is -0.124. The lowest BCUT2D eigenvalue weighted by Crippen LogP contribution is -2.05. The van der Waals surface area contributed by atoms with Crippen LogP contribution in [0.3, 0.4) is 0 Å². The number of carbonyl (C=O) groups is 1. The van der Waals surface area contributed by atoms with Crippen LogP contribution in [0.25, 0.3) is 0 Å². The van der Waals surface area contributed by atoms with Crippen LogP contribution in [0.5, 0.6) is 0 Å². The van der Waals surface area contributed by atoms with Crippen LogP contribution < -0.4 is 0 Å². The van der Waals surface area contributed by atoms with Gasteiger partial charge < -0.3 is 14.9 Å². The molecule has 25 heavy (non-hydrogen) atoms. The number of esters is 1. The third-order valence-corrected chi connectivity index (χ3v) is 4.32. The van der Waals surface area contributed by atoms with Crippen molar-refractivity contribution in [3.63, 3.8) is 0 Å². The van der Waals surface area contributed by atoms with Gasteiger partial charge in [-0.1, -0.05) is 64.7 Å². The van der Waals surface area contributed by atoms with Gasteiger partial charge in [0.25, 0.3) is 0 Å². The van der Waals surface area contributed by atoms with Gasteiger partial charge in [-0.15, -0.1) is 0 Å². The van der Waals surface area contributed by atoms with E-state index >= 15 is 0 Å². The van der Waals surface area contributed by atoms with Crippen LogP contribution in [-0.2, 0) is 14.3 Å². The Bertz CT molecular complexity index is 295. The van der Waals surface area contributed by atoms with Crippen LogP contribution in [0.15, 0.2) is 0 Å². The Morgan fingerprint density at radius 3 is 1.84 bits per heavy atom. The normalized spacial score (nSPS) is 10.8. The molecule has 0 aliphatic heterocycles. The average molecular weight is 356 g/mol. The van der Waals surface area contributed by atoms with Gasteiger partial charge in [0.05, 0.1) is 6.61 Å². The molecular formula is C21H41NO3. The Balaban J connectivity index is 3.07. The second kappa shape index (κ2) is 21.1. The summed E-state index contributed by atoms with van der Waals surface area (Å²) in [5.41, 5.74) is 0. The second-order valence-electron chi connectivity index (χ2n) is 6.82. The molecular weight excluding hydrogens is 314 g/mol. The molecule has 0 amide bonds. The van der Waals surface area contributed by atoms with E-state index in [0.717, 1.165) is 38.9 Å². The van der Waals surface area contributed by atoms with Crippen molar-refractivity contribution >= 4 is 12.2 Å². The van der Waals surface area contributed by atoms with Gasteiger partial charge in [-0.2, -0.15) is 0 Å². The molecule has 0 spiro atoms. The Hall–Kier alpha value is -0.900. The number of ether oxygens (including phenoxy) is 2. The van der Waals surface area contributed by atoms with Gasteiger partial charge in [-0.25, -0.2) is 0 Å². The van der Waals surface area contributed by atoms with Crippen LogP contribution in [0, 0.1) is 5.41 Å². The summed E-state index contributed by atoms with van der Waals surface area (Å²) < 4.78 is 10.8. The van der Waals surface area contributed by atoms with Gasteiger partial charge in [0.2, 0.25) is 0 Å². The lowest BCUT2D eigenvalue weighted by molar-refractivity contribution is -0.143. The third-order valence-electron chi connectivity index (χ3n) is 4.32. The smallest absolute Gasteiger partial charge is 0.305 e. The summed E-state index contributed by atoms with van der Waals surface area (Å²) in [6.07, 6.45) is 18.1. The SMILES string of the molecule is CCCCCCCCCOCCCCCCCOC(=O)CCCC=N. The van der Waals surface area contributed by atoms with Gasteiger partial charge in [0, 0.05) is 19.6 Å². The fourth-order valence-corrected chi connectivity index (χ4v) is 2.71. The molecule has 0 bridgehead atoms. The van der Waals surface area contributed by atoms with E-state index in [1.165, 1.54) is 64.0 Å². The van der Waals surface area contributed by atoms with Crippen molar-refractivity contribution in [2.24, 2.45) is 0 Å². The van der Waals surface area contributed by atoms with Gasteiger partial charge in [0.1, 0.15) is 0 Å². The predicted octanol–water partition coefficient (Wildman–Crippen LogP) is 6.07. The molecule has 0 rings (SSSR count). The van der Waals surface area contributed by atoms with Crippen LogP contribution in [-0.4, -0.2) is 32.0 Å². The summed E-state index contributed by atoms with van der Waals surface area (Å²) in [5, 5.41) is 6.89. The van der Waals surface area contributed by atoms with Gasteiger partial charge in [-0.3, -0.25) is 4.79 Å². The maximum absolute atomic E-state index is 11.4. The second-order valence-corrected chi connectivity index (χ2v) is 6.82. The first-order valence-electron chi connectivity index (χ1n) is 10.5. The van der Waals surface area contributed by atoms with E-state index in [0.29, 0.717) is 19.4 Å². The Labute approximate surface area is 155 Å². The van der Waals surface area contributed by atoms with Crippen LogP contribution in [0.2, 0.25) is 0 Å². The molecule has 0 saturated heterocycles. The molecule has 0 heterocycles. The summed E-state index contributed by atoms with van der Waals surface area (Å²) in [4.78, 5) is 11.4. The van der Waals surface area contributed by atoms with Crippen LogP contribution >= 0.6 is 0 Å². The average Bonchev–Trinajstić information content (AvgIpc) is 2.61. The Morgan fingerprint density at radius 2 is 1.28 bits per heavy atom. The van der Waals surface area contributed by atoms with E-state index in [9.17, 15) is 4.79 Å². The largest absolute Gasteiger partial charge is 0.466 e. The van der Waals surface area contributed by atoms with Crippen LogP contribution in [0.1, 0.15) is 103 Å². The first kappa shape index (κ1) is 24.1. The van der Waals surface area contributed by atoms with Gasteiger partial charge >= 0.3 is 5.97 Å². The molecule has 148 valence electrons. The molecule has 4 heteroatoms. The molecule has 0 atom stereocenters.